The first kappa shape index (κ1) is 21.4. The first-order chi connectivity index (χ1) is 15.9. The van der Waals surface area contributed by atoms with Gasteiger partial charge in [0, 0.05) is 30.8 Å². The summed E-state index contributed by atoms with van der Waals surface area (Å²) in [5, 5.41) is 5.75. The summed E-state index contributed by atoms with van der Waals surface area (Å²) in [5.74, 6) is 0.662. The van der Waals surface area contributed by atoms with Gasteiger partial charge in [-0.3, -0.25) is 14.4 Å². The lowest BCUT2D eigenvalue weighted by molar-refractivity contribution is -0.134. The Hall–Kier alpha value is -3.48. The van der Waals surface area contributed by atoms with Crippen molar-refractivity contribution < 1.29 is 14.3 Å². The Morgan fingerprint density at radius 2 is 1.91 bits per heavy atom. The second kappa shape index (κ2) is 8.46. The average Bonchev–Trinajstić information content (AvgIpc) is 2.83. The van der Waals surface area contributed by atoms with Crippen LogP contribution in [0.1, 0.15) is 40.9 Å². The number of carbonyl (C=O) groups excluding carboxylic acids is 2. The van der Waals surface area contributed by atoms with Crippen molar-refractivity contribution in [2.75, 3.05) is 13.1 Å². The largest absolute Gasteiger partial charge is 0.489 e. The van der Waals surface area contributed by atoms with Gasteiger partial charge in [0.2, 0.25) is 5.91 Å². The summed E-state index contributed by atoms with van der Waals surface area (Å²) >= 11 is 0. The molecule has 3 aromatic rings. The van der Waals surface area contributed by atoms with Crippen molar-refractivity contribution in [3.63, 3.8) is 0 Å². The van der Waals surface area contributed by atoms with Crippen LogP contribution >= 0.6 is 0 Å². The molecule has 1 aromatic heterocycles. The SMILES string of the molecule is Cc1ccc2c(c1)C(=O)C[C@H]([C@@H]1CCCN(C(=O)Cn3nc(C)c4ccccc4c3=O)C1)O2. The van der Waals surface area contributed by atoms with E-state index in [9.17, 15) is 14.4 Å². The van der Waals surface area contributed by atoms with Crippen LogP contribution in [0.25, 0.3) is 10.8 Å². The number of Topliss-reactive ketones (excluding diaryl/α,β-unsaturated/α-hetero) is 1. The lowest BCUT2D eigenvalue weighted by Gasteiger charge is -2.38. The zero-order chi connectivity index (χ0) is 23.1. The smallest absolute Gasteiger partial charge is 0.275 e. The highest BCUT2D eigenvalue weighted by Crippen LogP contribution is 2.34. The van der Waals surface area contributed by atoms with Crippen molar-refractivity contribution in [2.24, 2.45) is 5.92 Å². The Labute approximate surface area is 192 Å². The van der Waals surface area contributed by atoms with E-state index in [-0.39, 0.29) is 35.8 Å². The standard InChI is InChI=1S/C26H27N3O4/c1-16-9-10-23-21(12-16)22(30)13-24(33-23)18-6-5-11-28(14-18)25(31)15-29-26(32)20-8-4-3-7-19(20)17(2)27-29/h3-4,7-10,12,18,24H,5-6,11,13-15H2,1-2H3/t18-,24-/m1/s1. The minimum absolute atomic E-state index is 0.0733. The van der Waals surface area contributed by atoms with Crippen LogP contribution < -0.4 is 10.3 Å². The third-order valence-electron chi connectivity index (χ3n) is 6.77. The number of aromatic nitrogens is 2. The molecule has 0 bridgehead atoms. The summed E-state index contributed by atoms with van der Waals surface area (Å²) in [4.78, 5) is 40.5. The molecule has 2 atom stereocenters. The maximum absolute atomic E-state index is 13.1. The molecule has 7 heteroatoms. The van der Waals surface area contributed by atoms with Crippen LogP contribution in [0, 0.1) is 19.8 Å². The molecule has 5 rings (SSSR count). The van der Waals surface area contributed by atoms with E-state index < -0.39 is 0 Å². The number of likely N-dealkylation sites (tertiary alicyclic amines) is 1. The van der Waals surface area contributed by atoms with Gasteiger partial charge in [0.15, 0.2) is 5.78 Å². The predicted molar refractivity (Wildman–Crippen MR) is 125 cm³/mol. The zero-order valence-electron chi connectivity index (χ0n) is 18.9. The van der Waals surface area contributed by atoms with E-state index in [4.69, 9.17) is 4.74 Å². The molecule has 2 aromatic carbocycles. The number of ether oxygens (including phenoxy) is 1. The fourth-order valence-corrected chi connectivity index (χ4v) is 5.00. The molecule has 1 amide bonds. The molecule has 0 spiro atoms. The van der Waals surface area contributed by atoms with Gasteiger partial charge in [-0.2, -0.15) is 5.10 Å². The topological polar surface area (TPSA) is 81.5 Å². The molecule has 0 unspecified atom stereocenters. The van der Waals surface area contributed by atoms with Crippen LogP contribution in [0.5, 0.6) is 5.75 Å². The molecule has 2 aliphatic rings. The van der Waals surface area contributed by atoms with Crippen LogP contribution in [-0.4, -0.2) is 45.6 Å². The fraction of sp³-hybridized carbons (Fsp3) is 0.385. The van der Waals surface area contributed by atoms with Crippen molar-refractivity contribution in [3.8, 4) is 5.75 Å². The van der Waals surface area contributed by atoms with E-state index in [1.54, 1.807) is 11.0 Å². The molecule has 33 heavy (non-hydrogen) atoms. The minimum atomic E-state index is -0.258. The Kier molecular flexibility index (Phi) is 5.48. The number of aryl methyl sites for hydroxylation is 2. The van der Waals surface area contributed by atoms with Gasteiger partial charge in [-0.25, -0.2) is 4.68 Å². The normalized spacial score (nSPS) is 20.4. The van der Waals surface area contributed by atoms with Crippen molar-refractivity contribution in [1.82, 2.24) is 14.7 Å². The highest BCUT2D eigenvalue weighted by Gasteiger charge is 2.36. The molecule has 1 fully saturated rings. The molecule has 1 saturated heterocycles. The lowest BCUT2D eigenvalue weighted by Crippen LogP contribution is -2.48. The maximum Gasteiger partial charge on any atom is 0.275 e. The number of benzene rings is 2. The number of amides is 1. The van der Waals surface area contributed by atoms with E-state index in [0.717, 1.165) is 29.5 Å². The van der Waals surface area contributed by atoms with Crippen molar-refractivity contribution in [2.45, 2.75) is 45.8 Å². The van der Waals surface area contributed by atoms with E-state index in [1.807, 2.05) is 50.2 Å². The van der Waals surface area contributed by atoms with Gasteiger partial charge < -0.3 is 9.64 Å². The molecule has 2 aliphatic heterocycles. The Morgan fingerprint density at radius 3 is 2.73 bits per heavy atom. The van der Waals surface area contributed by atoms with Crippen molar-refractivity contribution >= 4 is 22.5 Å². The number of hydrogen-bond acceptors (Lipinski definition) is 5. The summed E-state index contributed by atoms with van der Waals surface area (Å²) < 4.78 is 7.47. The third kappa shape index (κ3) is 4.03. The average molecular weight is 446 g/mol. The van der Waals surface area contributed by atoms with Crippen LogP contribution in [0.3, 0.4) is 0 Å². The van der Waals surface area contributed by atoms with E-state index in [2.05, 4.69) is 5.10 Å². The van der Waals surface area contributed by atoms with Gasteiger partial charge in [-0.1, -0.05) is 29.8 Å². The third-order valence-corrected chi connectivity index (χ3v) is 6.77. The molecule has 0 radical (unpaired) electrons. The molecule has 0 N–H and O–H groups in total. The van der Waals surface area contributed by atoms with E-state index >= 15 is 0 Å². The molecule has 7 nitrogen and oxygen atoms in total. The van der Waals surface area contributed by atoms with E-state index in [0.29, 0.717) is 36.2 Å². The summed E-state index contributed by atoms with van der Waals surface area (Å²) in [5.41, 5.74) is 2.14. The minimum Gasteiger partial charge on any atom is -0.489 e. The first-order valence-electron chi connectivity index (χ1n) is 11.5. The molecule has 0 aliphatic carbocycles. The Morgan fingerprint density at radius 1 is 1.12 bits per heavy atom. The molecule has 0 saturated carbocycles. The van der Waals surface area contributed by atoms with Crippen molar-refractivity contribution in [1.29, 1.82) is 0 Å². The number of carbonyl (C=O) groups is 2. The van der Waals surface area contributed by atoms with Gasteiger partial charge in [-0.05, 0) is 44.9 Å². The highest BCUT2D eigenvalue weighted by atomic mass is 16.5. The van der Waals surface area contributed by atoms with Gasteiger partial charge in [0.25, 0.3) is 5.56 Å². The second-order valence-corrected chi connectivity index (χ2v) is 9.12. The molecular formula is C26H27N3O4. The number of hydrogen-bond donors (Lipinski definition) is 0. The summed E-state index contributed by atoms with van der Waals surface area (Å²) in [7, 11) is 0. The van der Waals surface area contributed by atoms with Crippen LogP contribution in [0.2, 0.25) is 0 Å². The van der Waals surface area contributed by atoms with Crippen LogP contribution in [0.4, 0.5) is 0 Å². The van der Waals surface area contributed by atoms with E-state index in [1.165, 1.54) is 4.68 Å². The lowest BCUT2D eigenvalue weighted by atomic mass is 9.86. The number of fused-ring (bicyclic) bond motifs is 2. The monoisotopic (exact) mass is 445 g/mol. The quantitative estimate of drug-likeness (QED) is 0.618. The number of ketones is 1. The van der Waals surface area contributed by atoms with Crippen LogP contribution in [-0.2, 0) is 11.3 Å². The maximum atomic E-state index is 13.1. The van der Waals surface area contributed by atoms with Gasteiger partial charge in [-0.15, -0.1) is 0 Å². The fourth-order valence-electron chi connectivity index (χ4n) is 5.00. The van der Waals surface area contributed by atoms with Crippen molar-refractivity contribution in [3.05, 3.63) is 69.6 Å². The predicted octanol–water partition coefficient (Wildman–Crippen LogP) is 3.29. The summed E-state index contributed by atoms with van der Waals surface area (Å²) in [6, 6.07) is 13.0. The van der Waals surface area contributed by atoms with Gasteiger partial charge in [0.05, 0.1) is 16.6 Å². The molecule has 170 valence electrons. The summed E-state index contributed by atoms with van der Waals surface area (Å²) in [6.45, 7) is 4.86. The molecular weight excluding hydrogens is 418 g/mol. The second-order valence-electron chi connectivity index (χ2n) is 9.12. The highest BCUT2D eigenvalue weighted by molar-refractivity contribution is 6.00. The molecule has 3 heterocycles. The van der Waals surface area contributed by atoms with Gasteiger partial charge in [0.1, 0.15) is 18.4 Å². The number of piperidine rings is 1. The summed E-state index contributed by atoms with van der Waals surface area (Å²) in [6.07, 6.45) is 1.82. The first-order valence-corrected chi connectivity index (χ1v) is 11.5. The Balaban J connectivity index is 1.31. The number of nitrogens with zero attached hydrogens (tertiary/aromatic N) is 3. The Bertz CT molecular complexity index is 1310. The van der Waals surface area contributed by atoms with Crippen LogP contribution in [0.15, 0.2) is 47.3 Å². The number of rotatable bonds is 3. The van der Waals surface area contributed by atoms with Gasteiger partial charge >= 0.3 is 0 Å². The zero-order valence-corrected chi connectivity index (χ0v) is 18.9.